The van der Waals surface area contributed by atoms with E-state index >= 15 is 0 Å². The molecule has 1 aliphatic heterocycles. The Balaban J connectivity index is 1.75. The Morgan fingerprint density at radius 3 is 2.30 bits per heavy atom. The summed E-state index contributed by atoms with van der Waals surface area (Å²) in [5, 5.41) is 10.8. The number of benzene rings is 2. The maximum atomic E-state index is 13.2. The van der Waals surface area contributed by atoms with Gasteiger partial charge in [0.15, 0.2) is 0 Å². The zero-order valence-corrected chi connectivity index (χ0v) is 18.3. The molecule has 0 bridgehead atoms. The maximum Gasteiger partial charge on any atom is 0.280 e. The van der Waals surface area contributed by atoms with Crippen LogP contribution in [0.1, 0.15) is 40.6 Å². The second kappa shape index (κ2) is 7.41. The standard InChI is InChI=1S/C25H26N4O/c1-15-11-12-21(13-17(15)3)28-20(6)22(18(4)26-28)14-23-19(5)27-29(25(23)30)24-10-8-7-9-16(24)2/h7-14H,1-6H3/b23-14-. The lowest BCUT2D eigenvalue weighted by molar-refractivity contribution is -0.114. The van der Waals surface area contributed by atoms with Crippen LogP contribution in [0.4, 0.5) is 5.69 Å². The first-order valence-corrected chi connectivity index (χ1v) is 10.1. The fraction of sp³-hybridized carbons (Fsp3) is 0.240. The van der Waals surface area contributed by atoms with Crippen molar-refractivity contribution in [3.63, 3.8) is 0 Å². The van der Waals surface area contributed by atoms with Crippen molar-refractivity contribution in [1.29, 1.82) is 0 Å². The van der Waals surface area contributed by atoms with Gasteiger partial charge in [0.1, 0.15) is 0 Å². The lowest BCUT2D eigenvalue weighted by Gasteiger charge is -2.14. The van der Waals surface area contributed by atoms with Crippen LogP contribution in [-0.2, 0) is 4.79 Å². The van der Waals surface area contributed by atoms with E-state index in [4.69, 9.17) is 5.10 Å². The lowest BCUT2D eigenvalue weighted by atomic mass is 10.1. The molecule has 0 atom stereocenters. The van der Waals surface area contributed by atoms with E-state index in [0.29, 0.717) is 11.3 Å². The molecule has 5 heteroatoms. The van der Waals surface area contributed by atoms with Crippen LogP contribution >= 0.6 is 0 Å². The maximum absolute atomic E-state index is 13.2. The van der Waals surface area contributed by atoms with Gasteiger partial charge in [0.25, 0.3) is 5.91 Å². The quantitative estimate of drug-likeness (QED) is 0.568. The number of carbonyl (C=O) groups is 1. The molecule has 0 aliphatic carbocycles. The third-order valence-electron chi connectivity index (χ3n) is 5.78. The molecule has 1 amide bonds. The van der Waals surface area contributed by atoms with Crippen molar-refractivity contribution in [1.82, 2.24) is 9.78 Å². The Bertz CT molecular complexity index is 1230. The summed E-state index contributed by atoms with van der Waals surface area (Å²) >= 11 is 0. The number of amides is 1. The summed E-state index contributed by atoms with van der Waals surface area (Å²) in [5.74, 6) is -0.112. The second-order valence-electron chi connectivity index (χ2n) is 7.91. The number of carbonyl (C=O) groups excluding carboxylic acids is 1. The van der Waals surface area contributed by atoms with Crippen LogP contribution in [0.15, 0.2) is 53.1 Å². The van der Waals surface area contributed by atoms with Gasteiger partial charge in [0, 0.05) is 11.3 Å². The minimum Gasteiger partial charge on any atom is -0.267 e. The van der Waals surface area contributed by atoms with Crippen molar-refractivity contribution in [3.8, 4) is 5.69 Å². The first-order valence-electron chi connectivity index (χ1n) is 10.1. The first-order chi connectivity index (χ1) is 14.3. The van der Waals surface area contributed by atoms with Gasteiger partial charge in [-0.25, -0.2) is 4.68 Å². The zero-order valence-electron chi connectivity index (χ0n) is 18.3. The molecule has 0 saturated carbocycles. The molecule has 2 heterocycles. The predicted molar refractivity (Wildman–Crippen MR) is 122 cm³/mol. The SMILES string of the molecule is CC1=NN(c2ccccc2C)C(=O)/C1=C\c1c(C)nn(-c2ccc(C)c(C)c2)c1C. The average Bonchev–Trinajstić information content (AvgIpc) is 3.15. The van der Waals surface area contributed by atoms with Crippen LogP contribution < -0.4 is 5.01 Å². The van der Waals surface area contributed by atoms with E-state index < -0.39 is 0 Å². The molecular weight excluding hydrogens is 372 g/mol. The van der Waals surface area contributed by atoms with Crippen LogP contribution in [-0.4, -0.2) is 21.4 Å². The summed E-state index contributed by atoms with van der Waals surface area (Å²) in [7, 11) is 0. The molecule has 0 spiro atoms. The number of nitrogens with zero attached hydrogens (tertiary/aromatic N) is 4. The number of hydrogen-bond acceptors (Lipinski definition) is 3. The third-order valence-corrected chi connectivity index (χ3v) is 5.78. The molecule has 152 valence electrons. The molecule has 0 fully saturated rings. The number of rotatable bonds is 3. The van der Waals surface area contributed by atoms with Crippen LogP contribution in [0.3, 0.4) is 0 Å². The summed E-state index contributed by atoms with van der Waals surface area (Å²) in [4.78, 5) is 13.2. The fourth-order valence-electron chi connectivity index (χ4n) is 3.77. The Kier molecular flexibility index (Phi) is 4.90. The highest BCUT2D eigenvalue weighted by atomic mass is 16.2. The fourth-order valence-corrected chi connectivity index (χ4v) is 3.77. The molecule has 5 nitrogen and oxygen atoms in total. The number of aryl methyl sites for hydroxylation is 4. The van der Waals surface area contributed by atoms with Gasteiger partial charge in [0.05, 0.1) is 28.4 Å². The van der Waals surface area contributed by atoms with Crippen molar-refractivity contribution in [2.45, 2.75) is 41.5 Å². The van der Waals surface area contributed by atoms with Crippen LogP contribution in [0, 0.1) is 34.6 Å². The lowest BCUT2D eigenvalue weighted by Crippen LogP contribution is -2.22. The number of para-hydroxylation sites is 1. The molecular formula is C25H26N4O. The van der Waals surface area contributed by atoms with Gasteiger partial charge in [-0.05, 0) is 82.5 Å². The van der Waals surface area contributed by atoms with Gasteiger partial charge in [-0.3, -0.25) is 4.79 Å². The van der Waals surface area contributed by atoms with Crippen molar-refractivity contribution >= 4 is 23.4 Å². The normalized spacial score (nSPS) is 15.3. The highest BCUT2D eigenvalue weighted by Crippen LogP contribution is 2.29. The summed E-state index contributed by atoms with van der Waals surface area (Å²) in [6.07, 6.45) is 1.93. The van der Waals surface area contributed by atoms with Crippen molar-refractivity contribution in [2.24, 2.45) is 5.10 Å². The molecule has 1 aliphatic rings. The number of anilines is 1. The minimum atomic E-state index is -0.112. The number of hydrazone groups is 1. The number of hydrogen-bond donors (Lipinski definition) is 0. The monoisotopic (exact) mass is 398 g/mol. The van der Waals surface area contributed by atoms with E-state index in [0.717, 1.165) is 33.9 Å². The average molecular weight is 399 g/mol. The third kappa shape index (κ3) is 3.26. The van der Waals surface area contributed by atoms with E-state index in [9.17, 15) is 4.79 Å². The smallest absolute Gasteiger partial charge is 0.267 e. The molecule has 3 aromatic rings. The molecule has 0 radical (unpaired) electrons. The van der Waals surface area contributed by atoms with Gasteiger partial charge in [-0.2, -0.15) is 15.2 Å². The van der Waals surface area contributed by atoms with Gasteiger partial charge in [-0.1, -0.05) is 24.3 Å². The van der Waals surface area contributed by atoms with E-state index in [1.807, 2.05) is 62.7 Å². The predicted octanol–water partition coefficient (Wildman–Crippen LogP) is 5.22. The van der Waals surface area contributed by atoms with Crippen LogP contribution in [0.5, 0.6) is 0 Å². The Morgan fingerprint density at radius 2 is 1.60 bits per heavy atom. The summed E-state index contributed by atoms with van der Waals surface area (Å²) < 4.78 is 1.94. The van der Waals surface area contributed by atoms with Crippen LogP contribution in [0.2, 0.25) is 0 Å². The van der Waals surface area contributed by atoms with Gasteiger partial charge in [-0.15, -0.1) is 0 Å². The van der Waals surface area contributed by atoms with E-state index in [1.54, 1.807) is 0 Å². The largest absolute Gasteiger partial charge is 0.280 e. The minimum absolute atomic E-state index is 0.112. The molecule has 2 aromatic carbocycles. The van der Waals surface area contributed by atoms with Crippen molar-refractivity contribution in [2.75, 3.05) is 5.01 Å². The van der Waals surface area contributed by atoms with Crippen molar-refractivity contribution in [3.05, 3.63) is 81.7 Å². The Labute approximate surface area is 177 Å². The van der Waals surface area contributed by atoms with E-state index in [-0.39, 0.29) is 5.91 Å². The molecule has 4 rings (SSSR count). The summed E-state index contributed by atoms with van der Waals surface area (Å²) in [6.45, 7) is 12.1. The second-order valence-corrected chi connectivity index (χ2v) is 7.91. The first kappa shape index (κ1) is 19.8. The summed E-state index contributed by atoms with van der Waals surface area (Å²) in [5.41, 5.74) is 9.47. The van der Waals surface area contributed by atoms with Gasteiger partial charge < -0.3 is 0 Å². The van der Waals surface area contributed by atoms with E-state index in [2.05, 4.69) is 37.1 Å². The molecule has 30 heavy (non-hydrogen) atoms. The van der Waals surface area contributed by atoms with Crippen molar-refractivity contribution < 1.29 is 4.79 Å². The van der Waals surface area contributed by atoms with Gasteiger partial charge in [0.2, 0.25) is 0 Å². The highest BCUT2D eigenvalue weighted by Gasteiger charge is 2.30. The topological polar surface area (TPSA) is 50.5 Å². The van der Waals surface area contributed by atoms with Gasteiger partial charge >= 0.3 is 0 Å². The molecule has 0 unspecified atom stereocenters. The Morgan fingerprint density at radius 1 is 0.867 bits per heavy atom. The van der Waals surface area contributed by atoms with Crippen LogP contribution in [0.25, 0.3) is 11.8 Å². The van der Waals surface area contributed by atoms with E-state index in [1.165, 1.54) is 16.1 Å². The molecule has 0 N–H and O–H groups in total. The highest BCUT2D eigenvalue weighted by molar-refractivity contribution is 6.32. The Hall–Kier alpha value is -3.47. The molecule has 0 saturated heterocycles. The zero-order chi connectivity index (χ0) is 21.6. The molecule has 1 aromatic heterocycles. The number of aromatic nitrogens is 2. The summed E-state index contributed by atoms with van der Waals surface area (Å²) in [6, 6.07) is 14.1.